The summed E-state index contributed by atoms with van der Waals surface area (Å²) in [6, 6.07) is 8.88. The fraction of sp³-hybridized carbons (Fsp3) is 0.600. The van der Waals surface area contributed by atoms with Crippen LogP contribution >= 0.6 is 0 Å². The fourth-order valence-corrected chi connectivity index (χ4v) is 3.02. The van der Waals surface area contributed by atoms with Gasteiger partial charge in [0.05, 0.1) is 0 Å². The Morgan fingerprint density at radius 1 is 1.24 bits per heavy atom. The standard InChI is InChI=1S/C15H24N2/c1-12-7-5-6-10-14(12)15(17-16)11-13-8-3-2-4-9-13/h5-7,10,13,15,17H,2-4,8-9,11,16H2,1H3. The Kier molecular flexibility index (Phi) is 4.57. The minimum Gasteiger partial charge on any atom is -0.271 e. The van der Waals surface area contributed by atoms with Crippen LogP contribution in [0.3, 0.4) is 0 Å². The SMILES string of the molecule is Cc1ccccc1C(CC1CCCCC1)NN. The van der Waals surface area contributed by atoms with Crippen LogP contribution in [0.15, 0.2) is 24.3 Å². The van der Waals surface area contributed by atoms with Crippen molar-refractivity contribution in [2.75, 3.05) is 0 Å². The maximum absolute atomic E-state index is 5.74. The Balaban J connectivity index is 2.03. The van der Waals surface area contributed by atoms with E-state index in [2.05, 4.69) is 36.6 Å². The molecule has 1 aliphatic carbocycles. The van der Waals surface area contributed by atoms with Gasteiger partial charge in [0, 0.05) is 6.04 Å². The average molecular weight is 232 g/mol. The van der Waals surface area contributed by atoms with E-state index >= 15 is 0 Å². The van der Waals surface area contributed by atoms with Crippen molar-refractivity contribution in [3.8, 4) is 0 Å². The molecule has 1 atom stereocenters. The van der Waals surface area contributed by atoms with Crippen LogP contribution in [-0.2, 0) is 0 Å². The molecule has 0 amide bonds. The second kappa shape index (κ2) is 6.18. The Hall–Kier alpha value is -0.860. The minimum absolute atomic E-state index is 0.319. The van der Waals surface area contributed by atoms with Crippen LogP contribution < -0.4 is 11.3 Å². The van der Waals surface area contributed by atoms with E-state index in [-0.39, 0.29) is 0 Å². The molecule has 1 fully saturated rings. The number of nitrogens with two attached hydrogens (primary N) is 1. The first-order valence-corrected chi connectivity index (χ1v) is 6.83. The van der Waals surface area contributed by atoms with Gasteiger partial charge in [-0.15, -0.1) is 0 Å². The van der Waals surface area contributed by atoms with Gasteiger partial charge in [0.1, 0.15) is 0 Å². The molecular formula is C15H24N2. The molecule has 0 bridgehead atoms. The first-order valence-electron chi connectivity index (χ1n) is 6.83. The molecule has 0 radical (unpaired) electrons. The van der Waals surface area contributed by atoms with Crippen LogP contribution in [0.4, 0.5) is 0 Å². The molecule has 0 aliphatic heterocycles. The molecule has 1 aromatic carbocycles. The molecule has 0 saturated heterocycles. The summed E-state index contributed by atoms with van der Waals surface area (Å²) >= 11 is 0. The van der Waals surface area contributed by atoms with E-state index in [0.717, 1.165) is 5.92 Å². The topological polar surface area (TPSA) is 38.0 Å². The van der Waals surface area contributed by atoms with Crippen molar-refractivity contribution in [2.45, 2.75) is 51.5 Å². The zero-order valence-corrected chi connectivity index (χ0v) is 10.8. The molecule has 0 heterocycles. The molecular weight excluding hydrogens is 208 g/mol. The van der Waals surface area contributed by atoms with Gasteiger partial charge in [0.15, 0.2) is 0 Å². The van der Waals surface area contributed by atoms with Crippen LogP contribution in [0.1, 0.15) is 55.7 Å². The molecule has 2 nitrogen and oxygen atoms in total. The summed E-state index contributed by atoms with van der Waals surface area (Å²) in [5.41, 5.74) is 5.71. The normalized spacial score (nSPS) is 19.2. The summed E-state index contributed by atoms with van der Waals surface area (Å²) in [6.07, 6.45) is 8.16. The van der Waals surface area contributed by atoms with Crippen LogP contribution in [0.5, 0.6) is 0 Å². The number of nitrogens with one attached hydrogen (secondary N) is 1. The van der Waals surface area contributed by atoms with Crippen molar-refractivity contribution in [3.05, 3.63) is 35.4 Å². The van der Waals surface area contributed by atoms with Crippen molar-refractivity contribution in [2.24, 2.45) is 11.8 Å². The number of benzene rings is 1. The number of aryl methyl sites for hydroxylation is 1. The van der Waals surface area contributed by atoms with Crippen molar-refractivity contribution >= 4 is 0 Å². The molecule has 3 N–H and O–H groups in total. The summed E-state index contributed by atoms with van der Waals surface area (Å²) < 4.78 is 0. The maximum Gasteiger partial charge on any atom is 0.0465 e. The molecule has 0 spiro atoms. The van der Waals surface area contributed by atoms with Gasteiger partial charge >= 0.3 is 0 Å². The second-order valence-corrected chi connectivity index (χ2v) is 5.32. The van der Waals surface area contributed by atoms with Crippen molar-refractivity contribution in [1.29, 1.82) is 0 Å². The summed E-state index contributed by atoms with van der Waals surface area (Å²) in [4.78, 5) is 0. The van der Waals surface area contributed by atoms with Gasteiger partial charge in [-0.05, 0) is 30.4 Å². The highest BCUT2D eigenvalue weighted by atomic mass is 15.2. The number of hydrazine groups is 1. The van der Waals surface area contributed by atoms with Crippen molar-refractivity contribution in [3.63, 3.8) is 0 Å². The van der Waals surface area contributed by atoms with E-state index in [1.165, 1.54) is 49.7 Å². The van der Waals surface area contributed by atoms with E-state index in [4.69, 9.17) is 5.84 Å². The first kappa shape index (κ1) is 12.6. The van der Waals surface area contributed by atoms with Crippen LogP contribution in [0.2, 0.25) is 0 Å². The third-order valence-corrected chi connectivity index (χ3v) is 4.06. The third kappa shape index (κ3) is 3.30. The van der Waals surface area contributed by atoms with Crippen LogP contribution in [0, 0.1) is 12.8 Å². The lowest BCUT2D eigenvalue weighted by Crippen LogP contribution is -2.30. The Morgan fingerprint density at radius 3 is 2.59 bits per heavy atom. The largest absolute Gasteiger partial charge is 0.271 e. The van der Waals surface area contributed by atoms with E-state index in [1.807, 2.05) is 0 Å². The smallest absolute Gasteiger partial charge is 0.0465 e. The highest BCUT2D eigenvalue weighted by Gasteiger charge is 2.20. The molecule has 0 aromatic heterocycles. The van der Waals surface area contributed by atoms with Gasteiger partial charge < -0.3 is 0 Å². The van der Waals surface area contributed by atoms with E-state index in [1.54, 1.807) is 0 Å². The predicted octanol–water partition coefficient (Wildman–Crippen LogP) is 3.47. The van der Waals surface area contributed by atoms with Gasteiger partial charge in [-0.25, -0.2) is 0 Å². The highest BCUT2D eigenvalue weighted by molar-refractivity contribution is 5.28. The fourth-order valence-electron chi connectivity index (χ4n) is 3.02. The molecule has 94 valence electrons. The Bertz CT molecular complexity index is 343. The molecule has 2 rings (SSSR count). The summed E-state index contributed by atoms with van der Waals surface area (Å²) in [5, 5.41) is 0. The number of rotatable bonds is 4. The van der Waals surface area contributed by atoms with Gasteiger partial charge in [-0.3, -0.25) is 11.3 Å². The van der Waals surface area contributed by atoms with E-state index in [0.29, 0.717) is 6.04 Å². The van der Waals surface area contributed by atoms with E-state index in [9.17, 15) is 0 Å². The van der Waals surface area contributed by atoms with Crippen molar-refractivity contribution < 1.29 is 0 Å². The summed E-state index contributed by atoms with van der Waals surface area (Å²) in [7, 11) is 0. The van der Waals surface area contributed by atoms with Crippen LogP contribution in [0.25, 0.3) is 0 Å². The van der Waals surface area contributed by atoms with Gasteiger partial charge in [0.2, 0.25) is 0 Å². The van der Waals surface area contributed by atoms with Crippen molar-refractivity contribution in [1.82, 2.24) is 5.43 Å². The zero-order chi connectivity index (χ0) is 12.1. The third-order valence-electron chi connectivity index (χ3n) is 4.06. The summed E-state index contributed by atoms with van der Waals surface area (Å²) in [6.45, 7) is 2.17. The predicted molar refractivity (Wildman–Crippen MR) is 72.4 cm³/mol. The number of hydrogen-bond donors (Lipinski definition) is 2. The van der Waals surface area contributed by atoms with Gasteiger partial charge in [-0.2, -0.15) is 0 Å². The zero-order valence-electron chi connectivity index (χ0n) is 10.8. The minimum atomic E-state index is 0.319. The summed E-state index contributed by atoms with van der Waals surface area (Å²) in [5.74, 6) is 6.59. The molecule has 1 aromatic rings. The Labute approximate surface area is 105 Å². The quantitative estimate of drug-likeness (QED) is 0.616. The molecule has 1 aliphatic rings. The lowest BCUT2D eigenvalue weighted by atomic mass is 9.83. The maximum atomic E-state index is 5.74. The second-order valence-electron chi connectivity index (χ2n) is 5.32. The molecule has 17 heavy (non-hydrogen) atoms. The van der Waals surface area contributed by atoms with Crippen LogP contribution in [-0.4, -0.2) is 0 Å². The molecule has 1 unspecified atom stereocenters. The number of hydrogen-bond acceptors (Lipinski definition) is 2. The average Bonchev–Trinajstić information content (AvgIpc) is 2.38. The highest BCUT2D eigenvalue weighted by Crippen LogP contribution is 2.32. The lowest BCUT2D eigenvalue weighted by molar-refractivity contribution is 0.300. The lowest BCUT2D eigenvalue weighted by Gasteiger charge is -2.27. The van der Waals surface area contributed by atoms with E-state index < -0.39 is 0 Å². The molecule has 1 saturated carbocycles. The molecule has 2 heteroatoms. The Morgan fingerprint density at radius 2 is 1.94 bits per heavy atom. The monoisotopic (exact) mass is 232 g/mol. The van der Waals surface area contributed by atoms with Gasteiger partial charge in [0.25, 0.3) is 0 Å². The van der Waals surface area contributed by atoms with Gasteiger partial charge in [-0.1, -0.05) is 56.4 Å². The first-order chi connectivity index (χ1) is 8.31.